The maximum atomic E-state index is 12.3. The summed E-state index contributed by atoms with van der Waals surface area (Å²) in [5.74, 6) is 0.752. The molecule has 6 heteroatoms. The lowest BCUT2D eigenvalue weighted by atomic mass is 9.97. The molecule has 6 nitrogen and oxygen atoms in total. The van der Waals surface area contributed by atoms with Crippen LogP contribution in [0.25, 0.3) is 11.3 Å². The van der Waals surface area contributed by atoms with Crippen molar-refractivity contribution >= 4 is 11.7 Å². The molecule has 0 bridgehead atoms. The Morgan fingerprint density at radius 3 is 2.81 bits per heavy atom. The van der Waals surface area contributed by atoms with Crippen LogP contribution < -0.4 is 15.4 Å². The van der Waals surface area contributed by atoms with Crippen molar-refractivity contribution in [2.45, 2.75) is 13.0 Å². The summed E-state index contributed by atoms with van der Waals surface area (Å²) in [5, 5.41) is 5.81. The Bertz CT molecular complexity index is 947. The van der Waals surface area contributed by atoms with Crippen molar-refractivity contribution in [2.24, 2.45) is 0 Å². The SMILES string of the molecule is COc1ccc(NC(=O)NCC2c3c(C)cccc3-c3cncn32)cc1. The van der Waals surface area contributed by atoms with Gasteiger partial charge in [-0.1, -0.05) is 18.2 Å². The van der Waals surface area contributed by atoms with Gasteiger partial charge in [0.15, 0.2) is 0 Å². The molecule has 0 aliphatic carbocycles. The minimum Gasteiger partial charge on any atom is -0.497 e. The van der Waals surface area contributed by atoms with Crippen molar-refractivity contribution in [3.8, 4) is 17.0 Å². The molecule has 2 aromatic carbocycles. The Hall–Kier alpha value is -3.28. The van der Waals surface area contributed by atoms with Crippen LogP contribution in [-0.4, -0.2) is 29.2 Å². The van der Waals surface area contributed by atoms with Crippen LogP contribution in [0.3, 0.4) is 0 Å². The van der Waals surface area contributed by atoms with Gasteiger partial charge >= 0.3 is 6.03 Å². The largest absolute Gasteiger partial charge is 0.497 e. The highest BCUT2D eigenvalue weighted by atomic mass is 16.5. The molecule has 1 aromatic heterocycles. The first-order chi connectivity index (χ1) is 12.7. The Morgan fingerprint density at radius 1 is 1.23 bits per heavy atom. The van der Waals surface area contributed by atoms with Crippen molar-refractivity contribution in [1.29, 1.82) is 0 Å². The minimum absolute atomic E-state index is 0.0466. The fraction of sp³-hybridized carbons (Fsp3) is 0.200. The fourth-order valence-corrected chi connectivity index (χ4v) is 3.49. The van der Waals surface area contributed by atoms with E-state index in [0.717, 1.165) is 17.1 Å². The highest BCUT2D eigenvalue weighted by molar-refractivity contribution is 5.89. The second kappa shape index (κ2) is 6.55. The number of aromatic nitrogens is 2. The number of imidazole rings is 1. The van der Waals surface area contributed by atoms with Crippen molar-refractivity contribution in [2.75, 3.05) is 19.0 Å². The number of hydrogen-bond donors (Lipinski definition) is 2. The van der Waals surface area contributed by atoms with Gasteiger partial charge in [0.1, 0.15) is 5.75 Å². The number of amides is 2. The van der Waals surface area contributed by atoms with Gasteiger partial charge in [0.25, 0.3) is 0 Å². The zero-order valence-corrected chi connectivity index (χ0v) is 14.7. The summed E-state index contributed by atoms with van der Waals surface area (Å²) in [6.45, 7) is 2.59. The monoisotopic (exact) mass is 348 g/mol. The van der Waals surface area contributed by atoms with Crippen LogP contribution in [-0.2, 0) is 0 Å². The molecule has 0 fully saturated rings. The average molecular weight is 348 g/mol. The Labute approximate surface area is 151 Å². The summed E-state index contributed by atoms with van der Waals surface area (Å²) < 4.78 is 7.24. The van der Waals surface area contributed by atoms with Crippen molar-refractivity contribution in [1.82, 2.24) is 14.9 Å². The fourth-order valence-electron chi connectivity index (χ4n) is 3.49. The van der Waals surface area contributed by atoms with E-state index < -0.39 is 0 Å². The first-order valence-corrected chi connectivity index (χ1v) is 8.48. The Balaban J connectivity index is 1.47. The summed E-state index contributed by atoms with van der Waals surface area (Å²) in [6, 6.07) is 13.3. The van der Waals surface area contributed by atoms with Crippen LogP contribution >= 0.6 is 0 Å². The van der Waals surface area contributed by atoms with Crippen molar-refractivity contribution < 1.29 is 9.53 Å². The van der Waals surface area contributed by atoms with E-state index in [1.54, 1.807) is 19.2 Å². The summed E-state index contributed by atoms with van der Waals surface area (Å²) in [5.41, 5.74) is 5.45. The molecule has 0 radical (unpaired) electrons. The predicted octanol–water partition coefficient (Wildman–Crippen LogP) is 3.59. The van der Waals surface area contributed by atoms with Gasteiger partial charge in [-0.15, -0.1) is 0 Å². The zero-order chi connectivity index (χ0) is 18.1. The van der Waals surface area contributed by atoms with Crippen LogP contribution in [0.2, 0.25) is 0 Å². The van der Waals surface area contributed by atoms with Crippen molar-refractivity contribution in [3.63, 3.8) is 0 Å². The number of hydrogen-bond acceptors (Lipinski definition) is 3. The molecule has 1 aliphatic heterocycles. The second-order valence-corrected chi connectivity index (χ2v) is 6.30. The first kappa shape index (κ1) is 16.2. The standard InChI is InChI=1S/C20H20N4O2/c1-13-4-3-5-16-17-10-21-12-24(17)18(19(13)16)11-22-20(25)23-14-6-8-15(26-2)9-7-14/h3-10,12,18H,11H2,1-2H3,(H2,22,23,25). The molecule has 132 valence electrons. The molecule has 2 N–H and O–H groups in total. The van der Waals surface area contributed by atoms with Gasteiger partial charge in [0.05, 0.1) is 31.4 Å². The van der Waals surface area contributed by atoms with Gasteiger partial charge in [0, 0.05) is 17.8 Å². The molecular weight excluding hydrogens is 328 g/mol. The normalized spacial score (nSPS) is 14.5. The lowest BCUT2D eigenvalue weighted by molar-refractivity contribution is 0.251. The predicted molar refractivity (Wildman–Crippen MR) is 101 cm³/mol. The third-order valence-electron chi connectivity index (χ3n) is 4.74. The van der Waals surface area contributed by atoms with E-state index in [-0.39, 0.29) is 12.1 Å². The van der Waals surface area contributed by atoms with Crippen molar-refractivity contribution in [3.05, 3.63) is 66.1 Å². The molecule has 0 spiro atoms. The third kappa shape index (κ3) is 2.79. The Morgan fingerprint density at radius 2 is 2.04 bits per heavy atom. The maximum absolute atomic E-state index is 12.3. The molecule has 2 amide bonds. The van der Waals surface area contributed by atoms with Crippen LogP contribution in [0.1, 0.15) is 17.2 Å². The number of nitrogens with one attached hydrogen (secondary N) is 2. The minimum atomic E-state index is -0.237. The Kier molecular flexibility index (Phi) is 4.08. The number of urea groups is 1. The van der Waals surface area contributed by atoms with E-state index in [2.05, 4.69) is 45.3 Å². The number of nitrogens with zero attached hydrogens (tertiary/aromatic N) is 2. The summed E-state index contributed by atoms with van der Waals surface area (Å²) in [7, 11) is 1.61. The van der Waals surface area contributed by atoms with E-state index in [9.17, 15) is 4.79 Å². The summed E-state index contributed by atoms with van der Waals surface area (Å²) in [6.07, 6.45) is 3.69. The molecule has 1 aliphatic rings. The molecule has 0 saturated carbocycles. The van der Waals surface area contributed by atoms with E-state index in [0.29, 0.717) is 6.54 Å². The van der Waals surface area contributed by atoms with E-state index >= 15 is 0 Å². The van der Waals surface area contributed by atoms with Gasteiger partial charge in [-0.05, 0) is 42.3 Å². The number of carbonyl (C=O) groups excluding carboxylic acids is 1. The molecule has 1 atom stereocenters. The van der Waals surface area contributed by atoms with E-state index in [1.165, 1.54) is 16.7 Å². The molecule has 4 rings (SSSR count). The lowest BCUT2D eigenvalue weighted by Crippen LogP contribution is -2.33. The third-order valence-corrected chi connectivity index (χ3v) is 4.74. The summed E-state index contributed by atoms with van der Waals surface area (Å²) in [4.78, 5) is 16.5. The van der Waals surface area contributed by atoms with Gasteiger partial charge in [-0.3, -0.25) is 0 Å². The van der Waals surface area contributed by atoms with Gasteiger partial charge in [-0.25, -0.2) is 9.78 Å². The number of aryl methyl sites for hydroxylation is 1. The van der Waals surface area contributed by atoms with Gasteiger partial charge in [0.2, 0.25) is 0 Å². The van der Waals surface area contributed by atoms with Gasteiger partial charge in [-0.2, -0.15) is 0 Å². The number of ether oxygens (including phenoxy) is 1. The van der Waals surface area contributed by atoms with Crippen LogP contribution in [0.5, 0.6) is 5.75 Å². The number of methoxy groups -OCH3 is 1. The smallest absolute Gasteiger partial charge is 0.319 e. The molecular formula is C20H20N4O2. The number of carbonyl (C=O) groups is 1. The maximum Gasteiger partial charge on any atom is 0.319 e. The molecule has 0 saturated heterocycles. The number of benzene rings is 2. The quantitative estimate of drug-likeness (QED) is 0.757. The van der Waals surface area contributed by atoms with E-state index in [1.807, 2.05) is 24.7 Å². The molecule has 2 heterocycles. The zero-order valence-electron chi connectivity index (χ0n) is 14.7. The molecule has 26 heavy (non-hydrogen) atoms. The summed E-state index contributed by atoms with van der Waals surface area (Å²) >= 11 is 0. The number of rotatable bonds is 4. The first-order valence-electron chi connectivity index (χ1n) is 8.48. The topological polar surface area (TPSA) is 68.2 Å². The highest BCUT2D eigenvalue weighted by Crippen LogP contribution is 2.40. The van der Waals surface area contributed by atoms with Gasteiger partial charge < -0.3 is 19.9 Å². The second-order valence-electron chi connectivity index (χ2n) is 6.30. The average Bonchev–Trinajstić information content (AvgIpc) is 3.23. The van der Waals surface area contributed by atoms with E-state index in [4.69, 9.17) is 4.74 Å². The van der Waals surface area contributed by atoms with Crippen LogP contribution in [0, 0.1) is 6.92 Å². The number of anilines is 1. The molecule has 1 unspecified atom stereocenters. The molecule has 3 aromatic rings. The van der Waals surface area contributed by atoms with Crippen LogP contribution in [0.4, 0.5) is 10.5 Å². The number of fused-ring (bicyclic) bond motifs is 3. The van der Waals surface area contributed by atoms with Crippen LogP contribution in [0.15, 0.2) is 55.0 Å². The highest BCUT2D eigenvalue weighted by Gasteiger charge is 2.29. The lowest BCUT2D eigenvalue weighted by Gasteiger charge is -2.17.